The van der Waals surface area contributed by atoms with Gasteiger partial charge in [0.15, 0.2) is 0 Å². The Bertz CT molecular complexity index is 560. The van der Waals surface area contributed by atoms with E-state index in [1.807, 2.05) is 12.3 Å². The standard InChI is InChI=1S/C17H23N3O/c1-3-8-15-13-18-19-17(15)16(20-21-2)12-7-11-14-9-5-4-6-10-14/h4-6,9-10,13H,3,7-8,11-12H2,1-2H3,(H,18,19). The van der Waals surface area contributed by atoms with Gasteiger partial charge in [-0.2, -0.15) is 5.10 Å². The molecule has 0 unspecified atom stereocenters. The summed E-state index contributed by atoms with van der Waals surface area (Å²) in [6, 6.07) is 10.5. The Labute approximate surface area is 126 Å². The third kappa shape index (κ3) is 4.45. The number of nitrogens with one attached hydrogen (secondary N) is 1. The Morgan fingerprint density at radius 2 is 2.05 bits per heavy atom. The van der Waals surface area contributed by atoms with Crippen LogP contribution in [0.4, 0.5) is 0 Å². The van der Waals surface area contributed by atoms with E-state index < -0.39 is 0 Å². The van der Waals surface area contributed by atoms with Crippen LogP contribution in [0.15, 0.2) is 41.7 Å². The number of nitrogens with zero attached hydrogens (tertiary/aromatic N) is 2. The van der Waals surface area contributed by atoms with Gasteiger partial charge in [-0.25, -0.2) is 0 Å². The van der Waals surface area contributed by atoms with Crippen molar-refractivity contribution in [2.45, 2.75) is 39.0 Å². The fourth-order valence-corrected chi connectivity index (χ4v) is 2.45. The molecule has 1 N–H and O–H groups in total. The van der Waals surface area contributed by atoms with E-state index in [4.69, 9.17) is 4.84 Å². The molecule has 0 fully saturated rings. The maximum absolute atomic E-state index is 5.00. The topological polar surface area (TPSA) is 50.3 Å². The Morgan fingerprint density at radius 1 is 1.24 bits per heavy atom. The van der Waals surface area contributed by atoms with Crippen LogP contribution in [0.2, 0.25) is 0 Å². The van der Waals surface area contributed by atoms with Gasteiger partial charge >= 0.3 is 0 Å². The molecule has 0 saturated carbocycles. The van der Waals surface area contributed by atoms with Crippen LogP contribution in [0.1, 0.15) is 43.0 Å². The minimum absolute atomic E-state index is 0.877. The van der Waals surface area contributed by atoms with Crippen molar-refractivity contribution in [3.8, 4) is 0 Å². The van der Waals surface area contributed by atoms with Gasteiger partial charge in [-0.05, 0) is 36.8 Å². The molecule has 0 aliphatic heterocycles. The highest BCUT2D eigenvalue weighted by atomic mass is 16.6. The van der Waals surface area contributed by atoms with Crippen LogP contribution in [0.3, 0.4) is 0 Å². The van der Waals surface area contributed by atoms with E-state index in [1.54, 1.807) is 7.11 Å². The molecule has 1 heterocycles. The summed E-state index contributed by atoms with van der Waals surface area (Å²) in [7, 11) is 1.59. The highest BCUT2D eigenvalue weighted by Crippen LogP contribution is 2.14. The van der Waals surface area contributed by atoms with Gasteiger partial charge in [0.05, 0.1) is 11.9 Å². The van der Waals surface area contributed by atoms with Gasteiger partial charge in [0.2, 0.25) is 0 Å². The van der Waals surface area contributed by atoms with Gasteiger partial charge in [-0.3, -0.25) is 5.10 Å². The normalized spacial score (nSPS) is 11.6. The predicted molar refractivity (Wildman–Crippen MR) is 85.5 cm³/mol. The first kappa shape index (κ1) is 15.3. The molecular weight excluding hydrogens is 262 g/mol. The molecule has 0 spiro atoms. The van der Waals surface area contributed by atoms with E-state index in [1.165, 1.54) is 11.1 Å². The maximum Gasteiger partial charge on any atom is 0.106 e. The second-order valence-electron chi connectivity index (χ2n) is 5.08. The highest BCUT2D eigenvalue weighted by Gasteiger charge is 2.12. The summed E-state index contributed by atoms with van der Waals surface area (Å²) < 4.78 is 0. The quantitative estimate of drug-likeness (QED) is 0.593. The number of hydrogen-bond acceptors (Lipinski definition) is 3. The SMILES string of the molecule is CCCc1cn[nH]c1C(CCCc1ccccc1)=NOC. The lowest BCUT2D eigenvalue weighted by Gasteiger charge is -2.06. The molecule has 1 aromatic heterocycles. The van der Waals surface area contributed by atoms with E-state index in [0.717, 1.165) is 43.5 Å². The first-order chi connectivity index (χ1) is 10.3. The molecule has 4 nitrogen and oxygen atoms in total. The smallest absolute Gasteiger partial charge is 0.106 e. The van der Waals surface area contributed by atoms with E-state index in [0.29, 0.717) is 0 Å². The molecule has 112 valence electrons. The molecule has 2 aromatic rings. The summed E-state index contributed by atoms with van der Waals surface area (Å²) in [6.07, 6.45) is 6.95. The largest absolute Gasteiger partial charge is 0.399 e. The summed E-state index contributed by atoms with van der Waals surface area (Å²) in [5.74, 6) is 0. The van der Waals surface area contributed by atoms with E-state index in [9.17, 15) is 0 Å². The number of oxime groups is 1. The van der Waals surface area contributed by atoms with Crippen molar-refractivity contribution in [2.75, 3.05) is 7.11 Å². The Hall–Kier alpha value is -2.10. The molecule has 0 aliphatic rings. The van der Waals surface area contributed by atoms with Crippen LogP contribution in [0, 0.1) is 0 Å². The minimum atomic E-state index is 0.877. The molecule has 0 saturated heterocycles. The highest BCUT2D eigenvalue weighted by molar-refractivity contribution is 5.99. The van der Waals surface area contributed by atoms with Crippen LogP contribution in [-0.2, 0) is 17.7 Å². The second-order valence-corrected chi connectivity index (χ2v) is 5.08. The van der Waals surface area contributed by atoms with Crippen molar-refractivity contribution >= 4 is 5.71 Å². The number of rotatable bonds is 8. The summed E-state index contributed by atoms with van der Waals surface area (Å²) >= 11 is 0. The van der Waals surface area contributed by atoms with Gasteiger partial charge in [0.1, 0.15) is 12.8 Å². The van der Waals surface area contributed by atoms with Gasteiger partial charge in [0.25, 0.3) is 0 Å². The third-order valence-electron chi connectivity index (χ3n) is 3.45. The average molecular weight is 285 g/mol. The molecule has 0 aliphatic carbocycles. The molecule has 0 radical (unpaired) electrons. The predicted octanol–water partition coefficient (Wildman–Crippen LogP) is 3.74. The fraction of sp³-hybridized carbons (Fsp3) is 0.412. The molecule has 0 bridgehead atoms. The van der Waals surface area contributed by atoms with Crippen LogP contribution in [0.5, 0.6) is 0 Å². The number of H-pyrrole nitrogens is 1. The summed E-state index contributed by atoms with van der Waals surface area (Å²) in [6.45, 7) is 2.17. The number of aromatic nitrogens is 2. The Morgan fingerprint density at radius 3 is 2.76 bits per heavy atom. The minimum Gasteiger partial charge on any atom is -0.399 e. The molecule has 21 heavy (non-hydrogen) atoms. The number of aromatic amines is 1. The molecule has 1 aromatic carbocycles. The van der Waals surface area contributed by atoms with Crippen molar-refractivity contribution < 1.29 is 4.84 Å². The third-order valence-corrected chi connectivity index (χ3v) is 3.45. The van der Waals surface area contributed by atoms with Gasteiger partial charge in [0, 0.05) is 0 Å². The second kappa shape index (κ2) is 8.25. The van der Waals surface area contributed by atoms with Crippen molar-refractivity contribution in [3.63, 3.8) is 0 Å². The van der Waals surface area contributed by atoms with E-state index >= 15 is 0 Å². The fourth-order valence-electron chi connectivity index (χ4n) is 2.45. The van der Waals surface area contributed by atoms with Gasteiger partial charge in [-0.15, -0.1) is 0 Å². The van der Waals surface area contributed by atoms with Crippen molar-refractivity contribution in [1.29, 1.82) is 0 Å². The zero-order valence-electron chi connectivity index (χ0n) is 12.8. The van der Waals surface area contributed by atoms with Crippen LogP contribution >= 0.6 is 0 Å². The van der Waals surface area contributed by atoms with E-state index in [-0.39, 0.29) is 0 Å². The lowest BCUT2D eigenvalue weighted by atomic mass is 10.0. The van der Waals surface area contributed by atoms with Crippen molar-refractivity contribution in [2.24, 2.45) is 5.16 Å². The zero-order valence-corrected chi connectivity index (χ0v) is 12.8. The molecular formula is C17H23N3O. The monoisotopic (exact) mass is 285 g/mol. The first-order valence-electron chi connectivity index (χ1n) is 7.51. The summed E-state index contributed by atoms with van der Waals surface area (Å²) in [4.78, 5) is 5.00. The zero-order chi connectivity index (χ0) is 14.9. The van der Waals surface area contributed by atoms with E-state index in [2.05, 4.69) is 46.5 Å². The summed E-state index contributed by atoms with van der Waals surface area (Å²) in [5, 5.41) is 11.4. The molecule has 4 heteroatoms. The van der Waals surface area contributed by atoms with Crippen molar-refractivity contribution in [1.82, 2.24) is 10.2 Å². The van der Waals surface area contributed by atoms with Gasteiger partial charge < -0.3 is 4.84 Å². The molecule has 0 amide bonds. The lowest BCUT2D eigenvalue weighted by molar-refractivity contribution is 0.212. The Balaban J connectivity index is 1.99. The molecule has 0 atom stereocenters. The first-order valence-corrected chi connectivity index (χ1v) is 7.51. The number of benzene rings is 1. The maximum atomic E-state index is 5.00. The van der Waals surface area contributed by atoms with Crippen LogP contribution in [0.25, 0.3) is 0 Å². The van der Waals surface area contributed by atoms with Gasteiger partial charge in [-0.1, -0.05) is 48.8 Å². The van der Waals surface area contributed by atoms with Crippen molar-refractivity contribution in [3.05, 3.63) is 53.3 Å². The number of hydrogen-bond donors (Lipinski definition) is 1. The summed E-state index contributed by atoms with van der Waals surface area (Å²) in [5.41, 5.74) is 4.54. The Kier molecular flexibility index (Phi) is 6.00. The van der Waals surface area contributed by atoms with Crippen LogP contribution < -0.4 is 0 Å². The average Bonchev–Trinajstić information content (AvgIpc) is 2.96. The van der Waals surface area contributed by atoms with Crippen LogP contribution in [-0.4, -0.2) is 23.0 Å². The molecule has 2 rings (SSSR count). The lowest BCUT2D eigenvalue weighted by Crippen LogP contribution is -2.06. The number of aryl methyl sites for hydroxylation is 2.